The highest BCUT2D eigenvalue weighted by Gasteiger charge is 2.30. The number of rotatable bonds is 4. The highest BCUT2D eigenvalue weighted by molar-refractivity contribution is 5.67. The lowest BCUT2D eigenvalue weighted by Crippen LogP contribution is -2.54. The van der Waals surface area contributed by atoms with E-state index in [0.29, 0.717) is 24.5 Å². The highest BCUT2D eigenvalue weighted by atomic mass is 16.6. The van der Waals surface area contributed by atoms with Crippen molar-refractivity contribution < 1.29 is 14.3 Å². The maximum absolute atomic E-state index is 11.7. The molecule has 1 aliphatic carbocycles. The van der Waals surface area contributed by atoms with Gasteiger partial charge < -0.3 is 20.1 Å². The number of hydrogen-bond acceptors (Lipinski definition) is 4. The molecule has 2 unspecified atom stereocenters. The fraction of sp³-hybridized carbons (Fsp3) is 0.933. The van der Waals surface area contributed by atoms with Crippen molar-refractivity contribution in [2.45, 2.75) is 64.1 Å². The Morgan fingerprint density at radius 2 is 1.95 bits per heavy atom. The van der Waals surface area contributed by atoms with Crippen LogP contribution in [0.25, 0.3) is 0 Å². The van der Waals surface area contributed by atoms with E-state index >= 15 is 0 Å². The average molecular weight is 284 g/mol. The van der Waals surface area contributed by atoms with Crippen molar-refractivity contribution in [3.63, 3.8) is 0 Å². The molecular weight excluding hydrogens is 256 g/mol. The second kappa shape index (κ2) is 6.76. The molecule has 2 rings (SSSR count). The predicted molar refractivity (Wildman–Crippen MR) is 77.7 cm³/mol. The van der Waals surface area contributed by atoms with Gasteiger partial charge in [-0.2, -0.15) is 0 Å². The number of carbonyl (C=O) groups excluding carboxylic acids is 1. The zero-order chi connectivity index (χ0) is 14.6. The van der Waals surface area contributed by atoms with Gasteiger partial charge in [0.25, 0.3) is 0 Å². The van der Waals surface area contributed by atoms with Crippen LogP contribution in [0.1, 0.15) is 46.5 Å². The number of hydrogen-bond donors (Lipinski definition) is 2. The van der Waals surface area contributed by atoms with E-state index in [-0.39, 0.29) is 6.09 Å². The first kappa shape index (κ1) is 15.6. The molecule has 2 aliphatic rings. The summed E-state index contributed by atoms with van der Waals surface area (Å²) in [6.45, 7) is 7.99. The average Bonchev–Trinajstić information content (AvgIpc) is 2.30. The largest absolute Gasteiger partial charge is 0.444 e. The first-order valence-corrected chi connectivity index (χ1v) is 7.75. The van der Waals surface area contributed by atoms with Crippen LogP contribution < -0.4 is 10.6 Å². The number of ether oxygens (including phenoxy) is 2. The first-order chi connectivity index (χ1) is 9.44. The van der Waals surface area contributed by atoms with E-state index in [0.717, 1.165) is 13.2 Å². The van der Waals surface area contributed by atoms with Crippen LogP contribution in [0.15, 0.2) is 0 Å². The Morgan fingerprint density at radius 3 is 2.55 bits per heavy atom. The molecule has 1 amide bonds. The summed E-state index contributed by atoms with van der Waals surface area (Å²) in [5, 5.41) is 6.58. The van der Waals surface area contributed by atoms with Crippen LogP contribution in [0.2, 0.25) is 0 Å². The molecule has 0 aromatic rings. The third-order valence-corrected chi connectivity index (χ3v) is 3.90. The molecule has 0 bridgehead atoms. The predicted octanol–water partition coefficient (Wildman–Crippen LogP) is 2.06. The summed E-state index contributed by atoms with van der Waals surface area (Å²) in [6.07, 6.45) is 4.57. The van der Waals surface area contributed by atoms with Crippen molar-refractivity contribution in [1.29, 1.82) is 0 Å². The van der Waals surface area contributed by atoms with Crippen LogP contribution in [0.3, 0.4) is 0 Å². The van der Waals surface area contributed by atoms with Crippen molar-refractivity contribution in [2.75, 3.05) is 19.8 Å². The number of alkyl carbamates (subject to hydrolysis) is 1. The van der Waals surface area contributed by atoms with Crippen molar-refractivity contribution in [3.05, 3.63) is 0 Å². The Balaban J connectivity index is 1.75. The van der Waals surface area contributed by atoms with E-state index in [9.17, 15) is 4.79 Å². The van der Waals surface area contributed by atoms with Gasteiger partial charge in [-0.25, -0.2) is 4.79 Å². The van der Waals surface area contributed by atoms with Crippen LogP contribution in [0.5, 0.6) is 0 Å². The molecule has 5 heteroatoms. The molecule has 0 radical (unpaired) electrons. The molecule has 20 heavy (non-hydrogen) atoms. The standard InChI is InChI=1S/C15H28N2O3/c1-15(2,3)20-14(18)16-8-11-6-4-5-7-13(11)17-12-9-19-10-12/h11-13,17H,4-10H2,1-3H3,(H,16,18). The maximum Gasteiger partial charge on any atom is 0.407 e. The number of carbonyl (C=O) groups is 1. The Hall–Kier alpha value is -0.810. The monoisotopic (exact) mass is 284 g/mol. The van der Waals surface area contributed by atoms with E-state index in [1.807, 2.05) is 20.8 Å². The van der Waals surface area contributed by atoms with E-state index in [4.69, 9.17) is 9.47 Å². The van der Waals surface area contributed by atoms with Crippen molar-refractivity contribution >= 4 is 6.09 Å². The summed E-state index contributed by atoms with van der Waals surface area (Å²) >= 11 is 0. The van der Waals surface area contributed by atoms with Crippen molar-refractivity contribution in [3.8, 4) is 0 Å². The molecule has 0 aromatic carbocycles. The molecule has 0 spiro atoms. The van der Waals surface area contributed by atoms with Gasteiger partial charge in [0.05, 0.1) is 19.3 Å². The molecule has 0 aromatic heterocycles. The van der Waals surface area contributed by atoms with E-state index < -0.39 is 5.60 Å². The van der Waals surface area contributed by atoms with Crippen molar-refractivity contribution in [2.24, 2.45) is 5.92 Å². The second-order valence-corrected chi connectivity index (χ2v) is 6.93. The van der Waals surface area contributed by atoms with Gasteiger partial charge in [-0.15, -0.1) is 0 Å². The van der Waals surface area contributed by atoms with Crippen LogP contribution in [0, 0.1) is 5.92 Å². The normalized spacial score (nSPS) is 27.8. The van der Waals surface area contributed by atoms with Gasteiger partial charge in [0.1, 0.15) is 5.60 Å². The molecule has 2 N–H and O–H groups in total. The minimum Gasteiger partial charge on any atom is -0.444 e. The fourth-order valence-electron chi connectivity index (χ4n) is 2.83. The molecule has 2 fully saturated rings. The lowest BCUT2D eigenvalue weighted by Gasteiger charge is -2.38. The van der Waals surface area contributed by atoms with E-state index in [2.05, 4.69) is 10.6 Å². The molecule has 1 heterocycles. The number of amides is 1. The van der Waals surface area contributed by atoms with Gasteiger partial charge in [-0.3, -0.25) is 0 Å². The molecule has 2 atom stereocenters. The molecule has 116 valence electrons. The summed E-state index contributed by atoms with van der Waals surface area (Å²) in [7, 11) is 0. The third-order valence-electron chi connectivity index (χ3n) is 3.90. The summed E-state index contributed by atoms with van der Waals surface area (Å²) < 4.78 is 10.5. The van der Waals surface area contributed by atoms with Crippen LogP contribution in [-0.4, -0.2) is 43.5 Å². The van der Waals surface area contributed by atoms with Gasteiger partial charge in [-0.1, -0.05) is 12.8 Å². The minimum atomic E-state index is -0.433. The van der Waals surface area contributed by atoms with Gasteiger partial charge in [0, 0.05) is 12.6 Å². The topological polar surface area (TPSA) is 59.6 Å². The van der Waals surface area contributed by atoms with E-state index in [1.165, 1.54) is 25.7 Å². The first-order valence-electron chi connectivity index (χ1n) is 7.75. The Morgan fingerprint density at radius 1 is 1.25 bits per heavy atom. The zero-order valence-electron chi connectivity index (χ0n) is 12.9. The van der Waals surface area contributed by atoms with Crippen molar-refractivity contribution in [1.82, 2.24) is 10.6 Å². The van der Waals surface area contributed by atoms with Crippen LogP contribution in [0.4, 0.5) is 4.79 Å². The molecule has 1 aliphatic heterocycles. The lowest BCUT2D eigenvalue weighted by atomic mass is 9.84. The van der Waals surface area contributed by atoms with Crippen LogP contribution in [-0.2, 0) is 9.47 Å². The quantitative estimate of drug-likeness (QED) is 0.829. The molecular formula is C15H28N2O3. The van der Waals surface area contributed by atoms with Crippen LogP contribution >= 0.6 is 0 Å². The van der Waals surface area contributed by atoms with Gasteiger partial charge >= 0.3 is 6.09 Å². The zero-order valence-corrected chi connectivity index (χ0v) is 12.9. The number of nitrogens with one attached hydrogen (secondary N) is 2. The smallest absolute Gasteiger partial charge is 0.407 e. The Bertz CT molecular complexity index is 324. The highest BCUT2D eigenvalue weighted by Crippen LogP contribution is 2.25. The third kappa shape index (κ3) is 4.94. The molecule has 1 saturated carbocycles. The van der Waals surface area contributed by atoms with E-state index in [1.54, 1.807) is 0 Å². The SMILES string of the molecule is CC(C)(C)OC(=O)NCC1CCCCC1NC1COC1. The minimum absolute atomic E-state index is 0.311. The van der Waals surface area contributed by atoms with Gasteiger partial charge in [-0.05, 0) is 39.5 Å². The van der Waals surface area contributed by atoms with Gasteiger partial charge in [0.15, 0.2) is 0 Å². The Labute approximate surface area is 121 Å². The second-order valence-electron chi connectivity index (χ2n) is 6.93. The summed E-state index contributed by atoms with van der Waals surface area (Å²) in [5.41, 5.74) is -0.433. The Kier molecular flexibility index (Phi) is 5.27. The maximum atomic E-state index is 11.7. The lowest BCUT2D eigenvalue weighted by molar-refractivity contribution is -0.0158. The summed E-state index contributed by atoms with van der Waals surface area (Å²) in [5.74, 6) is 0.497. The fourth-order valence-corrected chi connectivity index (χ4v) is 2.83. The molecule has 5 nitrogen and oxygen atoms in total. The molecule has 1 saturated heterocycles. The summed E-state index contributed by atoms with van der Waals surface area (Å²) in [6, 6.07) is 0.995. The summed E-state index contributed by atoms with van der Waals surface area (Å²) in [4.78, 5) is 11.7. The van der Waals surface area contributed by atoms with Gasteiger partial charge in [0.2, 0.25) is 0 Å².